The van der Waals surface area contributed by atoms with Crippen LogP contribution in [-0.4, -0.2) is 44.3 Å². The van der Waals surface area contributed by atoms with Crippen molar-refractivity contribution < 1.29 is 9.59 Å². The summed E-state index contributed by atoms with van der Waals surface area (Å²) in [6.07, 6.45) is 3.70. The van der Waals surface area contributed by atoms with Crippen molar-refractivity contribution in [3.63, 3.8) is 0 Å². The van der Waals surface area contributed by atoms with E-state index in [2.05, 4.69) is 15.3 Å². The molecule has 3 heterocycles. The van der Waals surface area contributed by atoms with E-state index < -0.39 is 0 Å². The smallest absolute Gasteiger partial charge is 0.270 e. The summed E-state index contributed by atoms with van der Waals surface area (Å²) in [5.74, 6) is 0.487. The average Bonchev–Trinajstić information content (AvgIpc) is 3.35. The topological polar surface area (TPSA) is 80.1 Å². The van der Waals surface area contributed by atoms with Crippen molar-refractivity contribution in [2.24, 2.45) is 0 Å². The normalized spacial score (nSPS) is 13.9. The first-order valence-corrected chi connectivity index (χ1v) is 9.13. The predicted octanol–water partition coefficient (Wildman–Crippen LogP) is 1.98. The standard InChI is InChI=1S/C20H21N5O2/c26-19(24-11-5-6-12-24)14-25-17-9-2-1-7-15(17)23-18(25)13-22-20(27)16-8-3-4-10-21-16/h1-4,7-10H,5-6,11-14H2,(H,22,27). The zero-order valence-corrected chi connectivity index (χ0v) is 15.0. The minimum Gasteiger partial charge on any atom is -0.343 e. The van der Waals surface area contributed by atoms with E-state index in [0.717, 1.165) is 37.0 Å². The van der Waals surface area contributed by atoms with Crippen molar-refractivity contribution in [1.29, 1.82) is 0 Å². The van der Waals surface area contributed by atoms with Gasteiger partial charge >= 0.3 is 0 Å². The number of fused-ring (bicyclic) bond motifs is 1. The molecule has 2 aromatic heterocycles. The Morgan fingerprint density at radius 1 is 1.04 bits per heavy atom. The number of nitrogens with zero attached hydrogens (tertiary/aromatic N) is 4. The second-order valence-corrected chi connectivity index (χ2v) is 6.59. The molecular weight excluding hydrogens is 342 g/mol. The number of hydrogen-bond acceptors (Lipinski definition) is 4. The van der Waals surface area contributed by atoms with Gasteiger partial charge in [-0.25, -0.2) is 4.98 Å². The molecule has 7 nitrogen and oxygen atoms in total. The van der Waals surface area contributed by atoms with Crippen molar-refractivity contribution in [2.75, 3.05) is 13.1 Å². The van der Waals surface area contributed by atoms with Gasteiger partial charge in [-0.1, -0.05) is 18.2 Å². The number of imidazole rings is 1. The molecule has 2 amide bonds. The van der Waals surface area contributed by atoms with Gasteiger partial charge in [0.2, 0.25) is 5.91 Å². The lowest BCUT2D eigenvalue weighted by atomic mass is 10.3. The molecule has 4 rings (SSSR count). The molecular formula is C20H21N5O2. The molecule has 138 valence electrons. The van der Waals surface area contributed by atoms with Crippen LogP contribution in [0.15, 0.2) is 48.7 Å². The van der Waals surface area contributed by atoms with Gasteiger partial charge < -0.3 is 14.8 Å². The lowest BCUT2D eigenvalue weighted by Crippen LogP contribution is -2.32. The zero-order valence-electron chi connectivity index (χ0n) is 15.0. The van der Waals surface area contributed by atoms with Gasteiger partial charge in [-0.2, -0.15) is 0 Å². The first kappa shape index (κ1) is 17.2. The summed E-state index contributed by atoms with van der Waals surface area (Å²) in [5.41, 5.74) is 2.06. The minimum atomic E-state index is -0.264. The lowest BCUT2D eigenvalue weighted by Gasteiger charge is -2.17. The fraction of sp³-hybridized carbons (Fsp3) is 0.300. The maximum atomic E-state index is 12.6. The number of likely N-dealkylation sites (tertiary alicyclic amines) is 1. The van der Waals surface area contributed by atoms with Crippen LogP contribution in [0, 0.1) is 0 Å². The van der Waals surface area contributed by atoms with Gasteiger partial charge in [0.25, 0.3) is 5.91 Å². The van der Waals surface area contributed by atoms with Gasteiger partial charge in [-0.05, 0) is 37.1 Å². The number of carbonyl (C=O) groups is 2. The van der Waals surface area contributed by atoms with Crippen molar-refractivity contribution in [3.05, 3.63) is 60.2 Å². The highest BCUT2D eigenvalue weighted by molar-refractivity contribution is 5.92. The summed E-state index contributed by atoms with van der Waals surface area (Å²) >= 11 is 0. The van der Waals surface area contributed by atoms with E-state index in [9.17, 15) is 9.59 Å². The van der Waals surface area contributed by atoms with Gasteiger partial charge in [0.05, 0.1) is 17.6 Å². The number of carbonyl (C=O) groups excluding carboxylic acids is 2. The number of rotatable bonds is 5. The largest absolute Gasteiger partial charge is 0.343 e. The molecule has 0 saturated carbocycles. The molecule has 0 bridgehead atoms. The summed E-state index contributed by atoms with van der Waals surface area (Å²) in [4.78, 5) is 35.5. The fourth-order valence-corrected chi connectivity index (χ4v) is 3.39. The molecule has 7 heteroatoms. The van der Waals surface area contributed by atoms with E-state index in [1.54, 1.807) is 24.4 Å². The number of nitrogens with one attached hydrogen (secondary N) is 1. The van der Waals surface area contributed by atoms with Gasteiger partial charge in [0.15, 0.2) is 0 Å². The van der Waals surface area contributed by atoms with Crippen LogP contribution in [0.25, 0.3) is 11.0 Å². The summed E-state index contributed by atoms with van der Waals surface area (Å²) in [6.45, 7) is 2.10. The second-order valence-electron chi connectivity index (χ2n) is 6.59. The molecule has 27 heavy (non-hydrogen) atoms. The van der Waals surface area contributed by atoms with Crippen molar-refractivity contribution in [2.45, 2.75) is 25.9 Å². The van der Waals surface area contributed by atoms with Crippen LogP contribution >= 0.6 is 0 Å². The molecule has 0 aliphatic carbocycles. The summed E-state index contributed by atoms with van der Waals surface area (Å²) in [5, 5.41) is 2.85. The first-order valence-electron chi connectivity index (χ1n) is 9.13. The number of aromatic nitrogens is 3. The number of pyridine rings is 1. The second kappa shape index (κ2) is 7.57. The van der Waals surface area contributed by atoms with E-state index >= 15 is 0 Å². The number of hydrogen-bond donors (Lipinski definition) is 1. The van der Waals surface area contributed by atoms with Crippen molar-refractivity contribution >= 4 is 22.8 Å². The molecule has 1 aliphatic heterocycles. The zero-order chi connectivity index (χ0) is 18.6. The Bertz CT molecular complexity index is 961. The maximum absolute atomic E-state index is 12.6. The third-order valence-corrected chi connectivity index (χ3v) is 4.79. The molecule has 1 aromatic carbocycles. The van der Waals surface area contributed by atoms with Gasteiger partial charge in [0, 0.05) is 19.3 Å². The van der Waals surface area contributed by atoms with Crippen LogP contribution < -0.4 is 5.32 Å². The molecule has 1 N–H and O–H groups in total. The highest BCUT2D eigenvalue weighted by Crippen LogP contribution is 2.17. The van der Waals surface area contributed by atoms with E-state index in [-0.39, 0.29) is 24.9 Å². The van der Waals surface area contributed by atoms with Crippen LogP contribution in [0.5, 0.6) is 0 Å². The SMILES string of the molecule is O=C(NCc1nc2ccccc2n1CC(=O)N1CCCC1)c1ccccn1. The number of benzene rings is 1. The van der Waals surface area contributed by atoms with Gasteiger partial charge in [-0.15, -0.1) is 0 Å². The Kier molecular flexibility index (Phi) is 4.82. The van der Waals surface area contributed by atoms with Crippen LogP contribution in [0.2, 0.25) is 0 Å². The summed E-state index contributed by atoms with van der Waals surface area (Å²) < 4.78 is 1.90. The van der Waals surface area contributed by atoms with Crippen LogP contribution in [-0.2, 0) is 17.9 Å². The van der Waals surface area contributed by atoms with Gasteiger partial charge in [-0.3, -0.25) is 14.6 Å². The van der Waals surface area contributed by atoms with Crippen molar-refractivity contribution in [1.82, 2.24) is 24.8 Å². The highest BCUT2D eigenvalue weighted by Gasteiger charge is 2.21. The lowest BCUT2D eigenvalue weighted by molar-refractivity contribution is -0.130. The predicted molar refractivity (Wildman–Crippen MR) is 101 cm³/mol. The van der Waals surface area contributed by atoms with Crippen LogP contribution in [0.3, 0.4) is 0 Å². The quantitative estimate of drug-likeness (QED) is 0.752. The molecule has 0 spiro atoms. The molecule has 1 fully saturated rings. The summed E-state index contributed by atoms with van der Waals surface area (Å²) in [6, 6.07) is 12.9. The summed E-state index contributed by atoms with van der Waals surface area (Å²) in [7, 11) is 0. The molecule has 0 atom stereocenters. The Morgan fingerprint density at radius 3 is 2.59 bits per heavy atom. The third-order valence-electron chi connectivity index (χ3n) is 4.79. The Balaban J connectivity index is 1.56. The molecule has 3 aromatic rings. The monoisotopic (exact) mass is 363 g/mol. The van der Waals surface area contributed by atoms with E-state index in [1.165, 1.54) is 0 Å². The molecule has 1 aliphatic rings. The minimum absolute atomic E-state index is 0.0907. The maximum Gasteiger partial charge on any atom is 0.270 e. The van der Waals surface area contributed by atoms with Gasteiger partial charge in [0.1, 0.15) is 18.1 Å². The van der Waals surface area contributed by atoms with Crippen LogP contribution in [0.1, 0.15) is 29.2 Å². The van der Waals surface area contributed by atoms with E-state index in [4.69, 9.17) is 0 Å². The molecule has 0 unspecified atom stereocenters. The first-order chi connectivity index (χ1) is 13.2. The Morgan fingerprint density at radius 2 is 1.81 bits per heavy atom. The highest BCUT2D eigenvalue weighted by atomic mass is 16.2. The average molecular weight is 363 g/mol. The molecule has 0 radical (unpaired) electrons. The number of amides is 2. The van der Waals surface area contributed by atoms with Crippen LogP contribution in [0.4, 0.5) is 0 Å². The number of para-hydroxylation sites is 2. The Labute approximate surface area is 157 Å². The van der Waals surface area contributed by atoms with E-state index in [0.29, 0.717) is 11.5 Å². The van der Waals surface area contributed by atoms with Crippen molar-refractivity contribution in [3.8, 4) is 0 Å². The fourth-order valence-electron chi connectivity index (χ4n) is 3.39. The third kappa shape index (κ3) is 3.67. The molecule has 1 saturated heterocycles. The Hall–Kier alpha value is -3.22. The van der Waals surface area contributed by atoms with E-state index in [1.807, 2.05) is 33.7 Å².